The number of furan rings is 1. The zero-order chi connectivity index (χ0) is 20.7. The molecule has 2 aliphatic rings. The highest BCUT2D eigenvalue weighted by molar-refractivity contribution is 5.99. The fourth-order valence-corrected chi connectivity index (χ4v) is 3.87. The SMILES string of the molecule is Cc1c(C(=O)NCC2=NONC2C)oc2c1-c1nn(Cc3ccccn3)cc1CC2. The van der Waals surface area contributed by atoms with E-state index in [4.69, 9.17) is 14.5 Å². The molecule has 3 aromatic rings. The first-order valence-electron chi connectivity index (χ1n) is 9.95. The Bertz CT molecular complexity index is 1130. The molecule has 0 aromatic carbocycles. The summed E-state index contributed by atoms with van der Waals surface area (Å²) < 4.78 is 7.87. The monoisotopic (exact) mass is 406 g/mol. The number of pyridine rings is 1. The van der Waals surface area contributed by atoms with E-state index < -0.39 is 0 Å². The van der Waals surface area contributed by atoms with Crippen LogP contribution in [0.1, 0.15) is 40.1 Å². The molecule has 9 heteroatoms. The van der Waals surface area contributed by atoms with Gasteiger partial charge >= 0.3 is 0 Å². The Balaban J connectivity index is 1.39. The summed E-state index contributed by atoms with van der Waals surface area (Å²) in [5.41, 5.74) is 8.18. The number of oxime groups is 1. The van der Waals surface area contributed by atoms with E-state index in [-0.39, 0.29) is 11.9 Å². The largest absolute Gasteiger partial charge is 0.455 e. The summed E-state index contributed by atoms with van der Waals surface area (Å²) in [5.74, 6) is 0.871. The number of nitrogens with one attached hydrogen (secondary N) is 2. The minimum absolute atomic E-state index is 0.0400. The fourth-order valence-electron chi connectivity index (χ4n) is 3.87. The molecule has 0 saturated carbocycles. The maximum absolute atomic E-state index is 12.8. The third-order valence-corrected chi connectivity index (χ3v) is 5.49. The number of carbonyl (C=O) groups excluding carboxylic acids is 1. The second-order valence-corrected chi connectivity index (χ2v) is 7.57. The molecule has 1 amide bonds. The summed E-state index contributed by atoms with van der Waals surface area (Å²) in [6.07, 6.45) is 5.41. The van der Waals surface area contributed by atoms with Crippen molar-refractivity contribution in [2.75, 3.05) is 6.54 Å². The summed E-state index contributed by atoms with van der Waals surface area (Å²) in [6, 6.07) is 5.80. The summed E-state index contributed by atoms with van der Waals surface area (Å²) >= 11 is 0. The average Bonchev–Trinajstić information content (AvgIpc) is 3.43. The molecule has 4 heterocycles. The lowest BCUT2D eigenvalue weighted by Crippen LogP contribution is -2.36. The van der Waals surface area contributed by atoms with E-state index in [1.165, 1.54) is 0 Å². The number of aromatic nitrogens is 3. The van der Waals surface area contributed by atoms with E-state index in [0.717, 1.165) is 52.4 Å². The summed E-state index contributed by atoms with van der Waals surface area (Å²) in [5, 5.41) is 11.5. The Kier molecular flexibility index (Phi) is 4.59. The van der Waals surface area contributed by atoms with Crippen LogP contribution in [0.2, 0.25) is 0 Å². The van der Waals surface area contributed by atoms with Crippen molar-refractivity contribution < 1.29 is 14.2 Å². The van der Waals surface area contributed by atoms with Gasteiger partial charge in [0.15, 0.2) is 5.76 Å². The van der Waals surface area contributed by atoms with E-state index in [1.807, 2.05) is 36.7 Å². The predicted octanol–water partition coefficient (Wildman–Crippen LogP) is 2.00. The molecule has 0 fully saturated rings. The summed E-state index contributed by atoms with van der Waals surface area (Å²) in [4.78, 5) is 22.0. The third-order valence-electron chi connectivity index (χ3n) is 5.49. The predicted molar refractivity (Wildman–Crippen MR) is 109 cm³/mol. The van der Waals surface area contributed by atoms with Gasteiger partial charge in [-0.3, -0.25) is 19.4 Å². The maximum atomic E-state index is 12.8. The van der Waals surface area contributed by atoms with Crippen molar-refractivity contribution in [1.82, 2.24) is 25.6 Å². The van der Waals surface area contributed by atoms with E-state index in [9.17, 15) is 4.79 Å². The van der Waals surface area contributed by atoms with Crippen molar-refractivity contribution in [3.05, 3.63) is 58.9 Å². The molecule has 0 bridgehead atoms. The zero-order valence-electron chi connectivity index (χ0n) is 16.8. The van der Waals surface area contributed by atoms with Crippen LogP contribution in [-0.4, -0.2) is 39.0 Å². The molecule has 0 saturated heterocycles. The molecule has 5 rings (SSSR count). The Morgan fingerprint density at radius 3 is 3.03 bits per heavy atom. The topological polar surface area (TPSA) is 107 Å². The first-order chi connectivity index (χ1) is 14.6. The van der Waals surface area contributed by atoms with E-state index in [0.29, 0.717) is 18.8 Å². The molecule has 1 atom stereocenters. The van der Waals surface area contributed by atoms with Gasteiger partial charge in [-0.15, -0.1) is 5.48 Å². The highest BCUT2D eigenvalue weighted by Gasteiger charge is 2.30. The molecule has 1 aliphatic carbocycles. The first-order valence-corrected chi connectivity index (χ1v) is 9.95. The molecule has 9 nitrogen and oxygen atoms in total. The molecular formula is C21H22N6O3. The second kappa shape index (κ2) is 7.42. The minimum atomic E-state index is -0.266. The van der Waals surface area contributed by atoms with Gasteiger partial charge in [-0.25, -0.2) is 0 Å². The third kappa shape index (κ3) is 3.26. The summed E-state index contributed by atoms with van der Waals surface area (Å²) in [7, 11) is 0. The smallest absolute Gasteiger partial charge is 0.287 e. The van der Waals surface area contributed by atoms with Crippen molar-refractivity contribution in [2.24, 2.45) is 5.16 Å². The molecule has 1 aliphatic heterocycles. The van der Waals surface area contributed by atoms with Gasteiger partial charge in [-0.1, -0.05) is 11.2 Å². The van der Waals surface area contributed by atoms with Gasteiger partial charge in [0, 0.05) is 29.9 Å². The quantitative estimate of drug-likeness (QED) is 0.671. The molecule has 2 N–H and O–H groups in total. The van der Waals surface area contributed by atoms with Crippen molar-refractivity contribution in [3.63, 3.8) is 0 Å². The second-order valence-electron chi connectivity index (χ2n) is 7.57. The Labute approximate surface area is 173 Å². The summed E-state index contributed by atoms with van der Waals surface area (Å²) in [6.45, 7) is 4.72. The molecule has 30 heavy (non-hydrogen) atoms. The van der Waals surface area contributed by atoms with Gasteiger partial charge < -0.3 is 9.73 Å². The molecule has 154 valence electrons. The van der Waals surface area contributed by atoms with Gasteiger partial charge in [0.25, 0.3) is 5.91 Å². The Morgan fingerprint density at radius 1 is 1.37 bits per heavy atom. The maximum Gasteiger partial charge on any atom is 0.287 e. The van der Waals surface area contributed by atoms with Crippen molar-refractivity contribution in [3.8, 4) is 11.3 Å². The number of hydrogen-bond donors (Lipinski definition) is 2. The van der Waals surface area contributed by atoms with E-state index in [2.05, 4.69) is 27.1 Å². The van der Waals surface area contributed by atoms with Gasteiger partial charge in [-0.2, -0.15) is 5.10 Å². The number of rotatable bonds is 5. The van der Waals surface area contributed by atoms with Crippen LogP contribution in [0.5, 0.6) is 0 Å². The number of aryl methyl sites for hydroxylation is 2. The van der Waals surface area contributed by atoms with Crippen molar-refractivity contribution in [2.45, 2.75) is 39.3 Å². The van der Waals surface area contributed by atoms with Crippen LogP contribution >= 0.6 is 0 Å². The number of hydroxylamine groups is 1. The van der Waals surface area contributed by atoms with Crippen molar-refractivity contribution in [1.29, 1.82) is 0 Å². The molecule has 1 unspecified atom stereocenters. The molecular weight excluding hydrogens is 384 g/mol. The zero-order valence-corrected chi connectivity index (χ0v) is 16.8. The lowest BCUT2D eigenvalue weighted by atomic mass is 9.93. The van der Waals surface area contributed by atoms with Crippen LogP contribution in [0.25, 0.3) is 11.3 Å². The fraction of sp³-hybridized carbons (Fsp3) is 0.333. The Hall–Kier alpha value is -3.46. The highest BCUT2D eigenvalue weighted by atomic mass is 16.8. The normalized spacial score (nSPS) is 17.1. The van der Waals surface area contributed by atoms with Gasteiger partial charge in [0.2, 0.25) is 0 Å². The highest BCUT2D eigenvalue weighted by Crippen LogP contribution is 2.38. The minimum Gasteiger partial charge on any atom is -0.455 e. The van der Waals surface area contributed by atoms with Gasteiger partial charge in [0.05, 0.1) is 36.2 Å². The number of carbonyl (C=O) groups is 1. The molecule has 3 aromatic heterocycles. The van der Waals surface area contributed by atoms with E-state index in [1.54, 1.807) is 6.20 Å². The van der Waals surface area contributed by atoms with Crippen molar-refractivity contribution >= 4 is 11.6 Å². The lowest BCUT2D eigenvalue weighted by Gasteiger charge is -2.09. The molecule has 0 radical (unpaired) electrons. The number of hydrogen-bond acceptors (Lipinski definition) is 7. The van der Waals surface area contributed by atoms with Gasteiger partial charge in [-0.05, 0) is 38.0 Å². The average molecular weight is 406 g/mol. The molecule has 0 spiro atoms. The number of nitrogens with zero attached hydrogens (tertiary/aromatic N) is 4. The number of amides is 1. The van der Waals surface area contributed by atoms with Crippen LogP contribution in [0, 0.1) is 6.92 Å². The van der Waals surface area contributed by atoms with Crippen LogP contribution < -0.4 is 10.8 Å². The van der Waals surface area contributed by atoms with Gasteiger partial charge in [0.1, 0.15) is 5.76 Å². The van der Waals surface area contributed by atoms with Crippen LogP contribution in [-0.2, 0) is 24.3 Å². The number of fused-ring (bicyclic) bond motifs is 3. The van der Waals surface area contributed by atoms with Crippen LogP contribution in [0.3, 0.4) is 0 Å². The van der Waals surface area contributed by atoms with Crippen LogP contribution in [0.15, 0.2) is 40.2 Å². The lowest BCUT2D eigenvalue weighted by molar-refractivity contribution is 0.0629. The van der Waals surface area contributed by atoms with E-state index >= 15 is 0 Å². The van der Waals surface area contributed by atoms with Crippen LogP contribution in [0.4, 0.5) is 0 Å². The Morgan fingerprint density at radius 2 is 2.27 bits per heavy atom. The first kappa shape index (κ1) is 18.6. The standard InChI is InChI=1S/C21H22N6O3/c1-12-18-17(29-20(12)21(28)23-9-16-13(2)25-30-26-16)7-6-14-10-27(24-19(14)18)11-15-5-3-4-8-22-15/h3-5,8,10,13,25H,6-7,9,11H2,1-2H3,(H,23,28).